The summed E-state index contributed by atoms with van der Waals surface area (Å²) >= 11 is 0. The molecule has 0 spiro atoms. The number of amides is 1. The van der Waals surface area contributed by atoms with Crippen LogP contribution in [0.25, 0.3) is 0 Å². The van der Waals surface area contributed by atoms with Gasteiger partial charge in [0, 0.05) is 19.1 Å². The normalized spacial score (nSPS) is 21.9. The molecule has 2 aliphatic heterocycles. The summed E-state index contributed by atoms with van der Waals surface area (Å²) in [6.45, 7) is 3.37. The Kier molecular flexibility index (Phi) is 3.72. The Labute approximate surface area is 120 Å². The number of aromatic nitrogens is 1. The molecule has 0 saturated carbocycles. The third kappa shape index (κ3) is 2.55. The molecule has 0 aliphatic carbocycles. The zero-order valence-corrected chi connectivity index (χ0v) is 12.2. The van der Waals surface area contributed by atoms with Crippen LogP contribution in [-0.2, 0) is 6.54 Å². The smallest absolute Gasteiger partial charge is 0.256 e. The molecule has 1 aromatic heterocycles. The second kappa shape index (κ2) is 5.50. The van der Waals surface area contributed by atoms with E-state index < -0.39 is 0 Å². The highest BCUT2D eigenvalue weighted by atomic mass is 16.2. The molecular formula is C15H22N4O. The van der Waals surface area contributed by atoms with Gasteiger partial charge in [-0.3, -0.25) is 9.78 Å². The molecule has 1 aromatic rings. The van der Waals surface area contributed by atoms with Gasteiger partial charge in [0.05, 0.1) is 23.5 Å². The lowest BCUT2D eigenvalue weighted by atomic mass is 10.1. The zero-order valence-electron chi connectivity index (χ0n) is 12.2. The molecule has 5 heteroatoms. The highest BCUT2D eigenvalue weighted by Crippen LogP contribution is 2.26. The molecule has 1 N–H and O–H groups in total. The summed E-state index contributed by atoms with van der Waals surface area (Å²) in [4.78, 5) is 21.0. The minimum absolute atomic E-state index is 0.125. The molecule has 0 bridgehead atoms. The van der Waals surface area contributed by atoms with E-state index in [1.54, 1.807) is 0 Å². The summed E-state index contributed by atoms with van der Waals surface area (Å²) in [7, 11) is 4.05. The number of hydrogen-bond acceptors (Lipinski definition) is 4. The average molecular weight is 274 g/mol. The van der Waals surface area contributed by atoms with Crippen LogP contribution in [0.1, 0.15) is 40.6 Å². The molecule has 5 nitrogen and oxygen atoms in total. The number of carbonyl (C=O) groups is 1. The maximum atomic E-state index is 12.3. The number of fused-ring (bicyclic) bond motifs is 1. The highest BCUT2D eigenvalue weighted by Gasteiger charge is 2.29. The Morgan fingerprint density at radius 2 is 2.30 bits per heavy atom. The topological polar surface area (TPSA) is 48.5 Å². The SMILES string of the molecule is CN(C)CCN1Cc2nc([C@H]3CCCN3)ccc2C1=O. The number of nitrogens with zero attached hydrogens (tertiary/aromatic N) is 3. The maximum Gasteiger partial charge on any atom is 0.256 e. The molecule has 3 heterocycles. The van der Waals surface area contributed by atoms with E-state index in [4.69, 9.17) is 4.98 Å². The summed E-state index contributed by atoms with van der Waals surface area (Å²) in [6.07, 6.45) is 2.35. The predicted octanol–water partition coefficient (Wildman–Crippen LogP) is 1.02. The molecule has 3 rings (SSSR count). The van der Waals surface area contributed by atoms with Gasteiger partial charge in [-0.15, -0.1) is 0 Å². The van der Waals surface area contributed by atoms with Gasteiger partial charge in [0.25, 0.3) is 5.91 Å². The Bertz CT molecular complexity index is 509. The van der Waals surface area contributed by atoms with E-state index in [-0.39, 0.29) is 5.91 Å². The zero-order chi connectivity index (χ0) is 14.1. The van der Waals surface area contributed by atoms with E-state index in [1.165, 1.54) is 6.42 Å². The van der Waals surface area contributed by atoms with Crippen LogP contribution in [0.4, 0.5) is 0 Å². The lowest BCUT2D eigenvalue weighted by Crippen LogP contribution is -2.31. The molecule has 0 radical (unpaired) electrons. The molecule has 20 heavy (non-hydrogen) atoms. The van der Waals surface area contributed by atoms with Crippen molar-refractivity contribution in [2.24, 2.45) is 0 Å². The molecule has 1 atom stereocenters. The van der Waals surface area contributed by atoms with Crippen LogP contribution in [-0.4, -0.2) is 54.4 Å². The van der Waals surface area contributed by atoms with E-state index in [0.29, 0.717) is 12.6 Å². The first-order chi connectivity index (χ1) is 9.65. The molecule has 1 amide bonds. The number of rotatable bonds is 4. The van der Waals surface area contributed by atoms with Crippen molar-refractivity contribution in [1.29, 1.82) is 0 Å². The van der Waals surface area contributed by atoms with Crippen molar-refractivity contribution in [3.63, 3.8) is 0 Å². The van der Waals surface area contributed by atoms with Crippen molar-refractivity contribution in [1.82, 2.24) is 20.1 Å². The number of nitrogens with one attached hydrogen (secondary N) is 1. The van der Waals surface area contributed by atoms with Gasteiger partial charge in [0.2, 0.25) is 0 Å². The van der Waals surface area contributed by atoms with Gasteiger partial charge in [-0.05, 0) is 45.6 Å². The van der Waals surface area contributed by atoms with Crippen molar-refractivity contribution >= 4 is 5.91 Å². The minimum Gasteiger partial charge on any atom is -0.331 e. The molecule has 108 valence electrons. The Morgan fingerprint density at radius 1 is 1.45 bits per heavy atom. The van der Waals surface area contributed by atoms with Crippen LogP contribution in [0, 0.1) is 0 Å². The number of likely N-dealkylation sites (N-methyl/N-ethyl adjacent to an activating group) is 1. The number of carbonyl (C=O) groups excluding carboxylic acids is 1. The Hall–Kier alpha value is -1.46. The van der Waals surface area contributed by atoms with E-state index >= 15 is 0 Å². The van der Waals surface area contributed by atoms with E-state index in [1.807, 2.05) is 31.1 Å². The molecule has 0 unspecified atom stereocenters. The molecule has 1 fully saturated rings. The standard InChI is InChI=1S/C15H22N4O/c1-18(2)8-9-19-10-14-11(15(19)20)5-6-13(17-14)12-4-3-7-16-12/h5-6,12,16H,3-4,7-10H2,1-2H3/t12-/m1/s1. The Morgan fingerprint density at radius 3 is 3.00 bits per heavy atom. The predicted molar refractivity (Wildman–Crippen MR) is 77.5 cm³/mol. The summed E-state index contributed by atoms with van der Waals surface area (Å²) in [6, 6.07) is 4.33. The minimum atomic E-state index is 0.125. The molecule has 0 aromatic carbocycles. The lowest BCUT2D eigenvalue weighted by Gasteiger charge is -2.18. The van der Waals surface area contributed by atoms with E-state index in [2.05, 4.69) is 10.2 Å². The maximum absolute atomic E-state index is 12.3. The average Bonchev–Trinajstić information content (AvgIpc) is 3.05. The van der Waals surface area contributed by atoms with Gasteiger partial charge >= 0.3 is 0 Å². The molecule has 2 aliphatic rings. The van der Waals surface area contributed by atoms with Crippen LogP contribution in [0.15, 0.2) is 12.1 Å². The fraction of sp³-hybridized carbons (Fsp3) is 0.600. The van der Waals surface area contributed by atoms with Gasteiger partial charge in [-0.25, -0.2) is 0 Å². The summed E-state index contributed by atoms with van der Waals surface area (Å²) in [5.41, 5.74) is 2.81. The van der Waals surface area contributed by atoms with Crippen LogP contribution in [0.2, 0.25) is 0 Å². The van der Waals surface area contributed by atoms with Crippen LogP contribution in [0.5, 0.6) is 0 Å². The van der Waals surface area contributed by atoms with E-state index in [0.717, 1.165) is 43.0 Å². The van der Waals surface area contributed by atoms with Gasteiger partial charge < -0.3 is 15.1 Å². The van der Waals surface area contributed by atoms with Crippen molar-refractivity contribution in [2.45, 2.75) is 25.4 Å². The summed E-state index contributed by atoms with van der Waals surface area (Å²) in [5, 5.41) is 3.46. The monoisotopic (exact) mass is 274 g/mol. The first-order valence-corrected chi connectivity index (χ1v) is 7.32. The first kappa shape index (κ1) is 13.5. The number of hydrogen-bond donors (Lipinski definition) is 1. The van der Waals surface area contributed by atoms with Crippen molar-refractivity contribution in [3.8, 4) is 0 Å². The van der Waals surface area contributed by atoms with Crippen molar-refractivity contribution < 1.29 is 4.79 Å². The third-order valence-corrected chi connectivity index (χ3v) is 4.09. The van der Waals surface area contributed by atoms with Crippen molar-refractivity contribution in [2.75, 3.05) is 33.7 Å². The van der Waals surface area contributed by atoms with Crippen LogP contribution < -0.4 is 5.32 Å². The molecule has 1 saturated heterocycles. The lowest BCUT2D eigenvalue weighted by molar-refractivity contribution is 0.0768. The van der Waals surface area contributed by atoms with Crippen LogP contribution in [0.3, 0.4) is 0 Å². The fourth-order valence-electron chi connectivity index (χ4n) is 2.89. The highest BCUT2D eigenvalue weighted by molar-refractivity contribution is 5.97. The largest absolute Gasteiger partial charge is 0.331 e. The third-order valence-electron chi connectivity index (χ3n) is 4.09. The molecular weight excluding hydrogens is 252 g/mol. The van der Waals surface area contributed by atoms with E-state index in [9.17, 15) is 4.79 Å². The van der Waals surface area contributed by atoms with Crippen LogP contribution >= 0.6 is 0 Å². The second-order valence-corrected chi connectivity index (χ2v) is 5.91. The Balaban J connectivity index is 1.74. The first-order valence-electron chi connectivity index (χ1n) is 7.32. The summed E-state index contributed by atoms with van der Waals surface area (Å²) in [5.74, 6) is 0.125. The summed E-state index contributed by atoms with van der Waals surface area (Å²) < 4.78 is 0. The van der Waals surface area contributed by atoms with Gasteiger partial charge in [-0.1, -0.05) is 0 Å². The second-order valence-electron chi connectivity index (χ2n) is 5.91. The van der Waals surface area contributed by atoms with Gasteiger partial charge in [-0.2, -0.15) is 0 Å². The van der Waals surface area contributed by atoms with Gasteiger partial charge in [0.15, 0.2) is 0 Å². The van der Waals surface area contributed by atoms with Crippen molar-refractivity contribution in [3.05, 3.63) is 29.1 Å². The fourth-order valence-corrected chi connectivity index (χ4v) is 2.89. The quantitative estimate of drug-likeness (QED) is 0.890. The number of pyridine rings is 1. The van der Waals surface area contributed by atoms with Gasteiger partial charge in [0.1, 0.15) is 0 Å².